The van der Waals surface area contributed by atoms with Crippen molar-refractivity contribution < 1.29 is 9.59 Å². The molecular formula is C19H24N6O2. The predicted octanol–water partition coefficient (Wildman–Crippen LogP) is 1.53. The molecule has 0 spiro atoms. The van der Waals surface area contributed by atoms with Crippen LogP contribution in [0.2, 0.25) is 0 Å². The van der Waals surface area contributed by atoms with Crippen molar-refractivity contribution in [2.45, 2.75) is 26.3 Å². The molecule has 0 radical (unpaired) electrons. The third kappa shape index (κ3) is 3.94. The number of carbonyl (C=O) groups excluding carboxylic acids is 2. The van der Waals surface area contributed by atoms with Crippen LogP contribution in [0.3, 0.4) is 0 Å². The number of aryl methyl sites for hydroxylation is 1. The van der Waals surface area contributed by atoms with E-state index in [1.165, 1.54) is 12.8 Å². The number of imidazole rings is 1. The van der Waals surface area contributed by atoms with E-state index in [2.05, 4.69) is 26.3 Å². The largest absolute Gasteiger partial charge is 0.353 e. The average Bonchev–Trinajstić information content (AvgIpc) is 3.41. The Hall–Kier alpha value is -2.90. The van der Waals surface area contributed by atoms with Gasteiger partial charge in [0.2, 0.25) is 12.2 Å². The number of nitrogens with zero attached hydrogens (tertiary/aromatic N) is 5. The fourth-order valence-electron chi connectivity index (χ4n) is 3.36. The van der Waals surface area contributed by atoms with Crippen molar-refractivity contribution in [3.8, 4) is 0 Å². The molecule has 27 heavy (non-hydrogen) atoms. The summed E-state index contributed by atoms with van der Waals surface area (Å²) in [5, 5.41) is 2.55. The summed E-state index contributed by atoms with van der Waals surface area (Å²) in [5.41, 5.74) is 1.13. The van der Waals surface area contributed by atoms with Gasteiger partial charge in [0.25, 0.3) is 5.91 Å². The Bertz CT molecular complexity index is 819. The first-order valence-electron chi connectivity index (χ1n) is 9.38. The number of aromatic nitrogens is 3. The van der Waals surface area contributed by atoms with Gasteiger partial charge < -0.3 is 19.7 Å². The van der Waals surface area contributed by atoms with Crippen molar-refractivity contribution in [3.63, 3.8) is 0 Å². The molecule has 2 aromatic rings. The second-order valence-electron chi connectivity index (χ2n) is 7.28. The van der Waals surface area contributed by atoms with E-state index in [-0.39, 0.29) is 5.91 Å². The Labute approximate surface area is 158 Å². The fraction of sp³-hybridized carbons (Fsp3) is 0.474. The summed E-state index contributed by atoms with van der Waals surface area (Å²) >= 11 is 0. The van der Waals surface area contributed by atoms with Gasteiger partial charge in [-0.1, -0.05) is 6.07 Å². The molecule has 1 saturated heterocycles. The Balaban J connectivity index is 1.44. The van der Waals surface area contributed by atoms with Crippen LogP contribution < -0.4 is 10.2 Å². The lowest BCUT2D eigenvalue weighted by Gasteiger charge is -2.35. The molecule has 0 unspecified atom stereocenters. The van der Waals surface area contributed by atoms with Gasteiger partial charge in [-0.05, 0) is 37.3 Å². The molecule has 1 aliphatic carbocycles. The molecule has 1 N–H and O–H groups in total. The lowest BCUT2D eigenvalue weighted by atomic mass is 10.2. The van der Waals surface area contributed by atoms with E-state index in [1.807, 2.05) is 28.7 Å². The highest BCUT2D eigenvalue weighted by Gasteiger charge is 2.29. The van der Waals surface area contributed by atoms with Crippen LogP contribution in [0.1, 0.15) is 29.0 Å². The number of anilines is 2. The molecule has 2 aliphatic rings. The lowest BCUT2D eigenvalue weighted by molar-refractivity contribution is -0.105. The Kier molecular flexibility index (Phi) is 4.79. The molecule has 1 aliphatic heterocycles. The SMILES string of the molecule is Cc1ccc(N2CCN(C(=O)c3nc(NC=O)cn3CC3CC3)CC2)nc1. The van der Waals surface area contributed by atoms with Gasteiger partial charge in [-0.25, -0.2) is 9.97 Å². The van der Waals surface area contributed by atoms with E-state index in [0.717, 1.165) is 31.0 Å². The van der Waals surface area contributed by atoms with Crippen LogP contribution in [0.4, 0.5) is 11.6 Å². The van der Waals surface area contributed by atoms with Crippen molar-refractivity contribution in [1.29, 1.82) is 0 Å². The van der Waals surface area contributed by atoms with E-state index in [0.29, 0.717) is 37.1 Å². The first-order valence-corrected chi connectivity index (χ1v) is 9.38. The zero-order chi connectivity index (χ0) is 18.8. The normalized spacial score (nSPS) is 17.1. The molecular weight excluding hydrogens is 344 g/mol. The summed E-state index contributed by atoms with van der Waals surface area (Å²) in [7, 11) is 0. The minimum atomic E-state index is -0.0777. The summed E-state index contributed by atoms with van der Waals surface area (Å²) in [4.78, 5) is 36.6. The number of piperazine rings is 1. The van der Waals surface area contributed by atoms with E-state index < -0.39 is 0 Å². The van der Waals surface area contributed by atoms with Crippen LogP contribution in [-0.4, -0.2) is 57.9 Å². The van der Waals surface area contributed by atoms with Gasteiger partial charge in [0.15, 0.2) is 5.82 Å². The zero-order valence-electron chi connectivity index (χ0n) is 15.5. The molecule has 0 aromatic carbocycles. The molecule has 0 bridgehead atoms. The molecule has 8 nitrogen and oxygen atoms in total. The van der Waals surface area contributed by atoms with Crippen molar-refractivity contribution in [3.05, 3.63) is 35.9 Å². The number of rotatable bonds is 6. The molecule has 0 atom stereocenters. The van der Waals surface area contributed by atoms with Gasteiger partial charge >= 0.3 is 0 Å². The lowest BCUT2D eigenvalue weighted by Crippen LogP contribution is -2.49. The third-order valence-electron chi connectivity index (χ3n) is 5.11. The third-order valence-corrected chi connectivity index (χ3v) is 5.11. The zero-order valence-corrected chi connectivity index (χ0v) is 15.5. The van der Waals surface area contributed by atoms with Crippen LogP contribution >= 0.6 is 0 Å². The molecule has 142 valence electrons. The van der Waals surface area contributed by atoms with Crippen molar-refractivity contribution >= 4 is 24.0 Å². The van der Waals surface area contributed by atoms with Gasteiger partial charge in [-0.15, -0.1) is 0 Å². The second-order valence-corrected chi connectivity index (χ2v) is 7.28. The number of amides is 2. The molecule has 3 heterocycles. The Morgan fingerprint density at radius 1 is 1.26 bits per heavy atom. The second kappa shape index (κ2) is 7.38. The summed E-state index contributed by atoms with van der Waals surface area (Å²) in [5.74, 6) is 2.32. The number of hydrogen-bond donors (Lipinski definition) is 1. The Morgan fingerprint density at radius 3 is 2.67 bits per heavy atom. The molecule has 4 rings (SSSR count). The smallest absolute Gasteiger partial charge is 0.290 e. The number of hydrogen-bond acceptors (Lipinski definition) is 5. The van der Waals surface area contributed by atoms with Crippen LogP contribution in [0, 0.1) is 12.8 Å². The summed E-state index contributed by atoms with van der Waals surface area (Å²) in [6, 6.07) is 4.07. The van der Waals surface area contributed by atoms with Crippen molar-refractivity contribution in [2.75, 3.05) is 36.4 Å². The number of pyridine rings is 1. The maximum atomic E-state index is 13.0. The molecule has 2 fully saturated rings. The number of nitrogens with one attached hydrogen (secondary N) is 1. The van der Waals surface area contributed by atoms with Gasteiger partial charge in [-0.3, -0.25) is 9.59 Å². The van der Waals surface area contributed by atoms with Crippen LogP contribution in [0.15, 0.2) is 24.5 Å². The van der Waals surface area contributed by atoms with Gasteiger partial charge in [0.1, 0.15) is 5.82 Å². The first kappa shape index (κ1) is 17.5. The maximum Gasteiger partial charge on any atom is 0.290 e. The summed E-state index contributed by atoms with van der Waals surface area (Å²) < 4.78 is 1.89. The van der Waals surface area contributed by atoms with Gasteiger partial charge in [-0.2, -0.15) is 0 Å². The number of carbonyl (C=O) groups is 2. The standard InChI is InChI=1S/C19H24N6O2/c1-14-2-5-17(20-10-14)23-6-8-24(9-7-23)19(27)18-22-16(21-13-26)12-25(18)11-15-3-4-15/h2,5,10,12-13,15H,3-4,6-9,11H2,1H3,(H,21,26). The maximum absolute atomic E-state index is 13.0. The Morgan fingerprint density at radius 2 is 2.04 bits per heavy atom. The summed E-state index contributed by atoms with van der Waals surface area (Å²) in [6.07, 6.45) is 6.58. The first-order chi connectivity index (χ1) is 13.1. The topological polar surface area (TPSA) is 83.4 Å². The molecule has 2 amide bonds. The van der Waals surface area contributed by atoms with Gasteiger partial charge in [0, 0.05) is 45.1 Å². The van der Waals surface area contributed by atoms with Crippen molar-refractivity contribution in [2.24, 2.45) is 5.92 Å². The fourth-order valence-corrected chi connectivity index (χ4v) is 3.36. The monoisotopic (exact) mass is 368 g/mol. The minimum Gasteiger partial charge on any atom is -0.353 e. The van der Waals surface area contributed by atoms with Crippen molar-refractivity contribution in [1.82, 2.24) is 19.4 Å². The van der Waals surface area contributed by atoms with E-state index in [9.17, 15) is 9.59 Å². The molecule has 8 heteroatoms. The van der Waals surface area contributed by atoms with E-state index >= 15 is 0 Å². The molecule has 1 saturated carbocycles. The van der Waals surface area contributed by atoms with E-state index in [1.54, 1.807) is 6.20 Å². The quantitative estimate of drug-likeness (QED) is 0.782. The van der Waals surface area contributed by atoms with Crippen LogP contribution in [-0.2, 0) is 11.3 Å². The van der Waals surface area contributed by atoms with E-state index in [4.69, 9.17) is 0 Å². The van der Waals surface area contributed by atoms with Gasteiger partial charge in [0.05, 0.1) is 0 Å². The minimum absolute atomic E-state index is 0.0777. The van der Waals surface area contributed by atoms with Crippen LogP contribution in [0.5, 0.6) is 0 Å². The predicted molar refractivity (Wildman–Crippen MR) is 102 cm³/mol. The highest BCUT2D eigenvalue weighted by atomic mass is 16.2. The molecule has 2 aromatic heterocycles. The highest BCUT2D eigenvalue weighted by molar-refractivity contribution is 5.92. The summed E-state index contributed by atoms with van der Waals surface area (Å²) in [6.45, 7) is 5.53. The van der Waals surface area contributed by atoms with Crippen LogP contribution in [0.25, 0.3) is 0 Å². The average molecular weight is 368 g/mol. The highest BCUT2D eigenvalue weighted by Crippen LogP contribution is 2.31.